The van der Waals surface area contributed by atoms with Crippen molar-refractivity contribution >= 4 is 46.7 Å². The van der Waals surface area contributed by atoms with E-state index in [-0.39, 0.29) is 44.9 Å². The molecule has 2 amide bonds. The van der Waals surface area contributed by atoms with E-state index in [9.17, 15) is 32.7 Å². The predicted octanol–water partition coefficient (Wildman–Crippen LogP) is 3.95. The maximum absolute atomic E-state index is 13.9. The van der Waals surface area contributed by atoms with Gasteiger partial charge in [-0.2, -0.15) is 18.3 Å². The van der Waals surface area contributed by atoms with Gasteiger partial charge in [0.05, 0.1) is 18.9 Å². The average Bonchev–Trinajstić information content (AvgIpc) is 3.18. The molecule has 1 aromatic heterocycles. The Morgan fingerprint density at radius 3 is 2.58 bits per heavy atom. The lowest BCUT2D eigenvalue weighted by molar-refractivity contribution is -0.164. The van der Waals surface area contributed by atoms with E-state index in [0.717, 1.165) is 0 Å². The molecule has 2 aliphatic heterocycles. The zero-order chi connectivity index (χ0) is 31.6. The molecular formula is C28H30Cl2F3N5O5. The van der Waals surface area contributed by atoms with Gasteiger partial charge in [0.25, 0.3) is 5.91 Å². The number of aromatic nitrogens is 1. The summed E-state index contributed by atoms with van der Waals surface area (Å²) in [6.45, 7) is 0.682. The number of benzene rings is 1. The number of halogens is 5. The van der Waals surface area contributed by atoms with E-state index in [1.165, 1.54) is 31.0 Å². The van der Waals surface area contributed by atoms with Crippen LogP contribution in [0.2, 0.25) is 10.0 Å². The average molecular weight is 644 g/mol. The molecule has 10 nitrogen and oxygen atoms in total. The maximum Gasteiger partial charge on any atom is 0.408 e. The summed E-state index contributed by atoms with van der Waals surface area (Å²) in [5, 5.41) is 17.7. The van der Waals surface area contributed by atoms with E-state index in [4.69, 9.17) is 27.9 Å². The molecule has 0 radical (unpaired) electrons. The predicted molar refractivity (Wildman–Crippen MR) is 152 cm³/mol. The molecule has 0 aliphatic carbocycles. The molecule has 232 valence electrons. The number of alkyl halides is 3. The second kappa shape index (κ2) is 12.8. The van der Waals surface area contributed by atoms with Crippen molar-refractivity contribution in [2.45, 2.75) is 51.1 Å². The van der Waals surface area contributed by atoms with E-state index in [1.807, 2.05) is 0 Å². The Hall–Kier alpha value is -3.26. The van der Waals surface area contributed by atoms with Gasteiger partial charge < -0.3 is 14.7 Å². The lowest BCUT2D eigenvalue weighted by atomic mass is 9.74. The van der Waals surface area contributed by atoms with Crippen molar-refractivity contribution in [1.29, 1.82) is 0 Å². The van der Waals surface area contributed by atoms with Gasteiger partial charge in [-0.1, -0.05) is 35.3 Å². The van der Waals surface area contributed by atoms with Gasteiger partial charge in [0.2, 0.25) is 5.91 Å². The van der Waals surface area contributed by atoms with Gasteiger partial charge in [-0.3, -0.25) is 24.7 Å². The number of hydrogen-bond acceptors (Lipinski definition) is 7. The van der Waals surface area contributed by atoms with Gasteiger partial charge in [-0.25, -0.2) is 5.01 Å². The first-order chi connectivity index (χ1) is 20.1. The second-order valence-electron chi connectivity index (χ2n) is 11.0. The lowest BCUT2D eigenvalue weighted by Gasteiger charge is -2.41. The Morgan fingerprint density at radius 2 is 1.95 bits per heavy atom. The fourth-order valence-electron chi connectivity index (χ4n) is 5.08. The summed E-state index contributed by atoms with van der Waals surface area (Å²) in [6, 6.07) is 8.61. The quantitative estimate of drug-likeness (QED) is 0.380. The van der Waals surface area contributed by atoms with Gasteiger partial charge >= 0.3 is 12.1 Å². The zero-order valence-corrected chi connectivity index (χ0v) is 24.8. The van der Waals surface area contributed by atoms with Crippen LogP contribution in [0.1, 0.15) is 31.5 Å². The third-order valence-electron chi connectivity index (χ3n) is 7.29. The summed E-state index contributed by atoms with van der Waals surface area (Å²) in [5.41, 5.74) is -1.86. The molecule has 1 saturated heterocycles. The van der Waals surface area contributed by atoms with Crippen LogP contribution in [0.5, 0.6) is 0 Å². The van der Waals surface area contributed by atoms with Crippen molar-refractivity contribution in [3.05, 3.63) is 63.9 Å². The van der Waals surface area contributed by atoms with Crippen LogP contribution >= 0.6 is 23.2 Å². The minimum atomic E-state index is -4.68. The number of fused-ring (bicyclic) bond motifs is 1. The Morgan fingerprint density at radius 1 is 1.21 bits per heavy atom. The van der Waals surface area contributed by atoms with Crippen molar-refractivity contribution in [1.82, 2.24) is 20.2 Å². The molecule has 0 unspecified atom stereocenters. The fraction of sp³-hybridized carbons (Fsp3) is 0.464. The standard InChI is InChI=1S/C28H30Cl2F3N5O5/c1-26(2,25(41)42)35-21(14-43-13-17-6-7-18(29)11-20(17)30)23(39)37-10-8-22-27(15-37,12-19-5-3-4-9-34-19)24(40)38(36-22)16-28(31,32)33/h3-7,9,11,21,35H,8,10,12-16H2,1-2H3,(H,41,42)/t21-,27+/m1/s1. The van der Waals surface area contributed by atoms with Crippen molar-refractivity contribution < 1.29 is 37.4 Å². The Labute approximate surface area is 255 Å². The molecule has 2 aliphatic rings. The highest BCUT2D eigenvalue weighted by molar-refractivity contribution is 6.35. The van der Waals surface area contributed by atoms with Gasteiger partial charge in [0.15, 0.2) is 0 Å². The topological polar surface area (TPSA) is 124 Å². The summed E-state index contributed by atoms with van der Waals surface area (Å²) >= 11 is 12.2. The van der Waals surface area contributed by atoms with E-state index in [0.29, 0.717) is 26.3 Å². The minimum Gasteiger partial charge on any atom is -0.480 e. The van der Waals surface area contributed by atoms with Crippen LogP contribution in [0.4, 0.5) is 13.2 Å². The van der Waals surface area contributed by atoms with E-state index in [1.54, 1.807) is 30.3 Å². The van der Waals surface area contributed by atoms with Crippen LogP contribution in [-0.4, -0.2) is 87.5 Å². The second-order valence-corrected chi connectivity index (χ2v) is 11.8. The van der Waals surface area contributed by atoms with Crippen LogP contribution in [0.15, 0.2) is 47.7 Å². The molecule has 1 aromatic carbocycles. The summed E-state index contributed by atoms with van der Waals surface area (Å²) in [5.74, 6) is -2.69. The van der Waals surface area contributed by atoms with Crippen LogP contribution in [0.25, 0.3) is 0 Å². The molecule has 0 spiro atoms. The first-order valence-corrected chi connectivity index (χ1v) is 14.0. The smallest absolute Gasteiger partial charge is 0.408 e. The van der Waals surface area contributed by atoms with Gasteiger partial charge in [0.1, 0.15) is 23.5 Å². The van der Waals surface area contributed by atoms with Gasteiger partial charge in [0, 0.05) is 47.9 Å². The number of hydrazone groups is 1. The number of carboxylic acid groups (broad SMARTS) is 1. The maximum atomic E-state index is 13.9. The Balaban J connectivity index is 1.60. The molecule has 2 N–H and O–H groups in total. The first kappa shape index (κ1) is 32.6. The van der Waals surface area contributed by atoms with Crippen molar-refractivity contribution in [2.24, 2.45) is 10.5 Å². The molecule has 0 saturated carbocycles. The number of piperidine rings is 1. The third kappa shape index (κ3) is 7.64. The number of nitrogens with one attached hydrogen (secondary N) is 1. The van der Waals surface area contributed by atoms with E-state index >= 15 is 0 Å². The zero-order valence-electron chi connectivity index (χ0n) is 23.3. The van der Waals surface area contributed by atoms with Crippen LogP contribution < -0.4 is 5.32 Å². The normalized spacial score (nSPS) is 19.7. The molecule has 2 aromatic rings. The number of carbonyl (C=O) groups is 3. The van der Waals surface area contributed by atoms with Crippen LogP contribution in [0.3, 0.4) is 0 Å². The minimum absolute atomic E-state index is 0.0136. The molecule has 3 heterocycles. The molecule has 0 bridgehead atoms. The molecule has 43 heavy (non-hydrogen) atoms. The van der Waals surface area contributed by atoms with E-state index < -0.39 is 47.5 Å². The fourth-order valence-corrected chi connectivity index (χ4v) is 5.54. The summed E-state index contributed by atoms with van der Waals surface area (Å²) in [7, 11) is 0. The molecule has 2 atom stereocenters. The number of carbonyl (C=O) groups excluding carboxylic acids is 2. The number of likely N-dealkylation sites (tertiary alicyclic amines) is 1. The lowest BCUT2D eigenvalue weighted by Crippen LogP contribution is -2.62. The van der Waals surface area contributed by atoms with Gasteiger partial charge in [-0.05, 0) is 43.7 Å². The number of amides is 2. The highest BCUT2D eigenvalue weighted by Gasteiger charge is 2.56. The number of nitrogens with zero attached hydrogens (tertiary/aromatic N) is 4. The highest BCUT2D eigenvalue weighted by Crippen LogP contribution is 2.39. The Kier molecular flexibility index (Phi) is 9.69. The molecular weight excluding hydrogens is 614 g/mol. The van der Waals surface area contributed by atoms with Crippen LogP contribution in [-0.2, 0) is 32.1 Å². The summed E-state index contributed by atoms with van der Waals surface area (Å²) < 4.78 is 45.7. The molecule has 4 rings (SSSR count). The number of rotatable bonds is 11. The monoisotopic (exact) mass is 643 g/mol. The number of carboxylic acids is 1. The largest absolute Gasteiger partial charge is 0.480 e. The highest BCUT2D eigenvalue weighted by atomic mass is 35.5. The van der Waals surface area contributed by atoms with Crippen molar-refractivity contribution in [3.63, 3.8) is 0 Å². The molecule has 15 heteroatoms. The third-order valence-corrected chi connectivity index (χ3v) is 7.88. The number of aliphatic carboxylic acids is 1. The number of pyridine rings is 1. The summed E-state index contributed by atoms with van der Waals surface area (Å²) in [4.78, 5) is 45.0. The number of hydrogen-bond donors (Lipinski definition) is 2. The molecule has 1 fully saturated rings. The number of ether oxygens (including phenoxy) is 1. The summed E-state index contributed by atoms with van der Waals surface area (Å²) in [6.07, 6.45) is -3.22. The van der Waals surface area contributed by atoms with Crippen molar-refractivity contribution in [3.8, 4) is 0 Å². The first-order valence-electron chi connectivity index (χ1n) is 13.3. The van der Waals surface area contributed by atoms with Gasteiger partial charge in [-0.15, -0.1) is 0 Å². The van der Waals surface area contributed by atoms with Crippen molar-refractivity contribution in [2.75, 3.05) is 26.2 Å². The SMILES string of the molecule is CC(C)(N[C@H](COCc1ccc(Cl)cc1Cl)C(=O)N1CCC2=NN(CC(F)(F)F)C(=O)[C@@]2(Cc2ccccn2)C1)C(=O)O. The van der Waals surface area contributed by atoms with E-state index in [2.05, 4.69) is 15.4 Å². The Bertz CT molecular complexity index is 1410. The van der Waals surface area contributed by atoms with Crippen LogP contribution in [0, 0.1) is 5.41 Å².